The zero-order chi connectivity index (χ0) is 15.0. The fraction of sp³-hybridized carbons (Fsp3) is 0.786. The summed E-state index contributed by atoms with van der Waals surface area (Å²) in [5.41, 5.74) is 0. The average molecular weight is 284 g/mol. The van der Waals surface area contributed by atoms with Gasteiger partial charge < -0.3 is 10.0 Å². The van der Waals surface area contributed by atoms with E-state index in [9.17, 15) is 14.4 Å². The third kappa shape index (κ3) is 5.59. The summed E-state index contributed by atoms with van der Waals surface area (Å²) < 4.78 is 0. The third-order valence-corrected chi connectivity index (χ3v) is 3.66. The molecule has 1 aliphatic rings. The molecule has 0 atom stereocenters. The van der Waals surface area contributed by atoms with E-state index in [2.05, 4.69) is 5.32 Å². The molecule has 0 aromatic rings. The van der Waals surface area contributed by atoms with Gasteiger partial charge in [-0.25, -0.2) is 4.79 Å². The molecule has 1 saturated carbocycles. The first-order chi connectivity index (χ1) is 9.54. The molecule has 20 heavy (non-hydrogen) atoms. The van der Waals surface area contributed by atoms with Gasteiger partial charge in [-0.05, 0) is 32.6 Å². The zero-order valence-electron chi connectivity index (χ0n) is 12.1. The second-order valence-corrected chi connectivity index (χ2v) is 5.18. The van der Waals surface area contributed by atoms with Crippen molar-refractivity contribution in [3.05, 3.63) is 0 Å². The van der Waals surface area contributed by atoms with Gasteiger partial charge in [0.2, 0.25) is 5.91 Å². The first kappa shape index (κ1) is 16.5. The highest BCUT2D eigenvalue weighted by Crippen LogP contribution is 2.23. The minimum atomic E-state index is -0.861. The van der Waals surface area contributed by atoms with Gasteiger partial charge in [-0.2, -0.15) is 0 Å². The summed E-state index contributed by atoms with van der Waals surface area (Å²) in [4.78, 5) is 35.7. The largest absolute Gasteiger partial charge is 0.481 e. The molecule has 1 fully saturated rings. The van der Waals surface area contributed by atoms with E-state index in [1.807, 2.05) is 6.92 Å². The molecule has 0 heterocycles. The molecule has 1 aliphatic carbocycles. The number of carboxylic acid groups (broad SMARTS) is 1. The van der Waals surface area contributed by atoms with Crippen LogP contribution in [0.15, 0.2) is 0 Å². The minimum Gasteiger partial charge on any atom is -0.481 e. The van der Waals surface area contributed by atoms with Crippen LogP contribution in [-0.2, 0) is 9.59 Å². The second-order valence-electron chi connectivity index (χ2n) is 5.18. The Hall–Kier alpha value is -1.59. The van der Waals surface area contributed by atoms with Crippen molar-refractivity contribution in [2.24, 2.45) is 0 Å². The van der Waals surface area contributed by atoms with E-state index in [0.717, 1.165) is 25.7 Å². The Labute approximate surface area is 119 Å². The van der Waals surface area contributed by atoms with Gasteiger partial charge in [0, 0.05) is 25.4 Å². The minimum absolute atomic E-state index is 0.0599. The third-order valence-electron chi connectivity index (χ3n) is 3.66. The van der Waals surface area contributed by atoms with E-state index >= 15 is 0 Å². The smallest absolute Gasteiger partial charge is 0.324 e. The summed E-state index contributed by atoms with van der Waals surface area (Å²) in [6.07, 6.45) is 5.49. The number of unbranched alkanes of at least 4 members (excludes halogenated alkanes) is 1. The zero-order valence-corrected chi connectivity index (χ0v) is 12.1. The lowest BCUT2D eigenvalue weighted by Gasteiger charge is -2.27. The fourth-order valence-electron chi connectivity index (χ4n) is 2.60. The number of carbonyl (C=O) groups excluding carboxylic acids is 2. The predicted octanol–water partition coefficient (Wildman–Crippen LogP) is 2.13. The summed E-state index contributed by atoms with van der Waals surface area (Å²) in [6.45, 7) is 2.51. The first-order valence-corrected chi connectivity index (χ1v) is 7.36. The van der Waals surface area contributed by atoms with Gasteiger partial charge in [-0.15, -0.1) is 0 Å². The van der Waals surface area contributed by atoms with E-state index in [0.29, 0.717) is 19.4 Å². The number of hydrogen-bond acceptors (Lipinski definition) is 3. The molecule has 6 nitrogen and oxygen atoms in total. The summed E-state index contributed by atoms with van der Waals surface area (Å²) in [5, 5.41) is 10.9. The van der Waals surface area contributed by atoms with Crippen molar-refractivity contribution in [2.45, 2.75) is 64.3 Å². The van der Waals surface area contributed by atoms with Gasteiger partial charge in [-0.1, -0.05) is 12.8 Å². The molecular formula is C14H24N2O4. The van der Waals surface area contributed by atoms with Crippen LogP contribution in [0.3, 0.4) is 0 Å². The molecule has 6 heteroatoms. The Bertz CT molecular complexity index is 351. The lowest BCUT2D eigenvalue weighted by atomic mass is 10.2. The molecule has 0 radical (unpaired) electrons. The number of aliphatic carboxylic acids is 1. The number of rotatable bonds is 7. The molecule has 0 aliphatic heterocycles. The normalized spacial score (nSPS) is 15.1. The summed E-state index contributed by atoms with van der Waals surface area (Å²) in [5.74, 6) is -1.18. The van der Waals surface area contributed by atoms with Gasteiger partial charge in [-0.3, -0.25) is 14.9 Å². The van der Waals surface area contributed by atoms with Crippen LogP contribution in [0, 0.1) is 0 Å². The van der Waals surface area contributed by atoms with Crippen LogP contribution >= 0.6 is 0 Å². The Morgan fingerprint density at radius 2 is 1.75 bits per heavy atom. The van der Waals surface area contributed by atoms with Crippen molar-refractivity contribution in [1.82, 2.24) is 10.2 Å². The molecule has 0 aromatic heterocycles. The highest BCUT2D eigenvalue weighted by Gasteiger charge is 2.26. The van der Waals surface area contributed by atoms with E-state index in [4.69, 9.17) is 5.11 Å². The maximum Gasteiger partial charge on any atom is 0.324 e. The average Bonchev–Trinajstić information content (AvgIpc) is 2.89. The van der Waals surface area contributed by atoms with Crippen molar-refractivity contribution < 1.29 is 19.5 Å². The van der Waals surface area contributed by atoms with Crippen LogP contribution in [0.4, 0.5) is 4.79 Å². The highest BCUT2D eigenvalue weighted by atomic mass is 16.4. The highest BCUT2D eigenvalue weighted by molar-refractivity contribution is 5.94. The SMILES string of the molecule is CCN(C(=O)NC(=O)CCCCC(=O)O)C1CCCC1. The van der Waals surface area contributed by atoms with Crippen LogP contribution in [0.1, 0.15) is 58.3 Å². The van der Waals surface area contributed by atoms with Crippen LogP contribution in [0.25, 0.3) is 0 Å². The van der Waals surface area contributed by atoms with Crippen LogP contribution in [0.2, 0.25) is 0 Å². The Kier molecular flexibility index (Phi) is 7.04. The standard InChI is InChI=1S/C14H24N2O4/c1-2-16(11-7-3-4-8-11)14(20)15-12(17)9-5-6-10-13(18)19/h11H,2-10H2,1H3,(H,18,19)(H,15,17,20). The molecule has 0 spiro atoms. The van der Waals surface area contributed by atoms with Gasteiger partial charge >= 0.3 is 12.0 Å². The number of amides is 3. The van der Waals surface area contributed by atoms with Crippen molar-refractivity contribution in [2.75, 3.05) is 6.54 Å². The number of carboxylic acids is 1. The van der Waals surface area contributed by atoms with E-state index < -0.39 is 5.97 Å². The summed E-state index contributed by atoms with van der Waals surface area (Å²) in [7, 11) is 0. The lowest BCUT2D eigenvalue weighted by Crippen LogP contribution is -2.47. The maximum atomic E-state index is 12.0. The van der Waals surface area contributed by atoms with Crippen LogP contribution in [0.5, 0.6) is 0 Å². The quantitative estimate of drug-likeness (QED) is 0.701. The number of nitrogens with one attached hydrogen (secondary N) is 1. The second kappa shape index (κ2) is 8.55. The van der Waals surface area contributed by atoms with Gasteiger partial charge in [0.1, 0.15) is 0 Å². The van der Waals surface area contributed by atoms with Crippen molar-refractivity contribution in [1.29, 1.82) is 0 Å². The molecule has 0 bridgehead atoms. The topological polar surface area (TPSA) is 86.7 Å². The molecule has 2 N–H and O–H groups in total. The molecular weight excluding hydrogens is 260 g/mol. The van der Waals surface area contributed by atoms with Crippen LogP contribution < -0.4 is 5.32 Å². The number of nitrogens with zero attached hydrogens (tertiary/aromatic N) is 1. The monoisotopic (exact) mass is 284 g/mol. The number of hydrogen-bond donors (Lipinski definition) is 2. The maximum absolute atomic E-state index is 12.0. The predicted molar refractivity (Wildman–Crippen MR) is 74.3 cm³/mol. The van der Waals surface area contributed by atoms with Crippen molar-refractivity contribution in [3.8, 4) is 0 Å². The van der Waals surface area contributed by atoms with E-state index in [-0.39, 0.29) is 30.8 Å². The Morgan fingerprint density at radius 3 is 2.30 bits per heavy atom. The number of imide groups is 1. The molecule has 0 unspecified atom stereocenters. The van der Waals surface area contributed by atoms with Gasteiger partial charge in [0.05, 0.1) is 0 Å². The van der Waals surface area contributed by atoms with Gasteiger partial charge in [0.25, 0.3) is 0 Å². The number of urea groups is 1. The first-order valence-electron chi connectivity index (χ1n) is 7.36. The summed E-state index contributed by atoms with van der Waals surface area (Å²) in [6, 6.07) is -0.0672. The van der Waals surface area contributed by atoms with Crippen molar-refractivity contribution in [3.63, 3.8) is 0 Å². The molecule has 3 amide bonds. The van der Waals surface area contributed by atoms with Crippen molar-refractivity contribution >= 4 is 17.9 Å². The Morgan fingerprint density at radius 1 is 1.15 bits per heavy atom. The van der Waals surface area contributed by atoms with Gasteiger partial charge in [0.15, 0.2) is 0 Å². The number of carbonyl (C=O) groups is 3. The lowest BCUT2D eigenvalue weighted by molar-refractivity contribution is -0.137. The van der Waals surface area contributed by atoms with Crippen LogP contribution in [-0.4, -0.2) is 40.5 Å². The molecule has 0 aromatic carbocycles. The fourth-order valence-corrected chi connectivity index (χ4v) is 2.60. The van der Waals surface area contributed by atoms with E-state index in [1.54, 1.807) is 4.90 Å². The van der Waals surface area contributed by atoms with E-state index in [1.165, 1.54) is 0 Å². The Balaban J connectivity index is 2.28. The molecule has 0 saturated heterocycles. The molecule has 114 valence electrons. The summed E-state index contributed by atoms with van der Waals surface area (Å²) >= 11 is 0. The molecule has 1 rings (SSSR count).